The van der Waals surface area contributed by atoms with Gasteiger partial charge in [0.15, 0.2) is 0 Å². The van der Waals surface area contributed by atoms with Gasteiger partial charge in [0, 0.05) is 38.8 Å². The molecular weight excluding hydrogens is 360 g/mol. The summed E-state index contributed by atoms with van der Waals surface area (Å²) < 4.78 is 0. The summed E-state index contributed by atoms with van der Waals surface area (Å²) in [6.07, 6.45) is 2.49. The number of likely N-dealkylation sites (N-methyl/N-ethyl adjacent to an activating group) is 1. The number of rotatable bonds is 5. The predicted octanol–water partition coefficient (Wildman–Crippen LogP) is 2.45. The average molecular weight is 382 g/mol. The molecule has 0 unspecified atom stereocenters. The highest BCUT2D eigenvalue weighted by Crippen LogP contribution is 2.23. The van der Waals surface area contributed by atoms with Crippen molar-refractivity contribution in [3.63, 3.8) is 0 Å². The van der Waals surface area contributed by atoms with Crippen LogP contribution >= 0.6 is 11.3 Å². The minimum Gasteiger partial charge on any atom is -0.338 e. The molecule has 8 nitrogen and oxygen atoms in total. The molecule has 0 spiro atoms. The van der Waals surface area contributed by atoms with Crippen molar-refractivity contribution in [2.24, 2.45) is 0 Å². The van der Waals surface area contributed by atoms with E-state index in [1.165, 1.54) is 0 Å². The van der Waals surface area contributed by atoms with E-state index in [0.717, 1.165) is 49.0 Å². The first-order valence-electron chi connectivity index (χ1n) is 9.03. The van der Waals surface area contributed by atoms with Crippen molar-refractivity contribution >= 4 is 29.2 Å². The van der Waals surface area contributed by atoms with Gasteiger partial charge < -0.3 is 9.80 Å². The molecule has 3 aromatic rings. The van der Waals surface area contributed by atoms with E-state index < -0.39 is 0 Å². The van der Waals surface area contributed by atoms with E-state index >= 15 is 0 Å². The molecule has 0 aromatic carbocycles. The fourth-order valence-corrected chi connectivity index (χ4v) is 3.55. The maximum atomic E-state index is 4.61. The van der Waals surface area contributed by atoms with E-state index in [9.17, 15) is 0 Å². The molecule has 140 valence electrons. The van der Waals surface area contributed by atoms with Crippen LogP contribution in [-0.2, 0) is 6.42 Å². The fraction of sp³-hybridized carbons (Fsp3) is 0.389. The number of hydrogen-bond donors (Lipinski definition) is 1. The molecule has 3 aromatic heterocycles. The smallest absolute Gasteiger partial charge is 0.234 e. The van der Waals surface area contributed by atoms with Crippen molar-refractivity contribution in [3.8, 4) is 10.6 Å². The van der Waals surface area contributed by atoms with Gasteiger partial charge in [-0.3, -0.25) is 5.32 Å². The highest BCUT2D eigenvalue weighted by atomic mass is 32.1. The Labute approximate surface area is 162 Å². The Morgan fingerprint density at radius 1 is 1.04 bits per heavy atom. The molecule has 1 aliphatic rings. The third-order valence-corrected chi connectivity index (χ3v) is 5.32. The van der Waals surface area contributed by atoms with Crippen LogP contribution in [0.2, 0.25) is 0 Å². The lowest BCUT2D eigenvalue weighted by molar-refractivity contribution is 0.311. The number of nitrogens with zero attached hydrogens (tertiary/aromatic N) is 7. The van der Waals surface area contributed by atoms with Crippen molar-refractivity contribution in [3.05, 3.63) is 35.6 Å². The first-order chi connectivity index (χ1) is 13.2. The molecule has 4 rings (SSSR count). The third kappa shape index (κ3) is 4.20. The summed E-state index contributed by atoms with van der Waals surface area (Å²) in [4.78, 5) is 28.2. The molecule has 27 heavy (non-hydrogen) atoms. The van der Waals surface area contributed by atoms with Crippen LogP contribution < -0.4 is 10.2 Å². The van der Waals surface area contributed by atoms with Crippen molar-refractivity contribution in [1.29, 1.82) is 0 Å². The Balaban J connectivity index is 1.58. The molecule has 0 atom stereocenters. The van der Waals surface area contributed by atoms with Gasteiger partial charge >= 0.3 is 0 Å². The number of aromatic nitrogens is 5. The molecule has 1 fully saturated rings. The summed E-state index contributed by atoms with van der Waals surface area (Å²) >= 11 is 1.65. The van der Waals surface area contributed by atoms with Crippen molar-refractivity contribution in [2.45, 2.75) is 13.3 Å². The lowest BCUT2D eigenvalue weighted by Gasteiger charge is -2.32. The van der Waals surface area contributed by atoms with Gasteiger partial charge in [-0.15, -0.1) is 11.3 Å². The van der Waals surface area contributed by atoms with Gasteiger partial charge in [-0.2, -0.15) is 15.0 Å². The van der Waals surface area contributed by atoms with Crippen LogP contribution in [0.1, 0.15) is 12.7 Å². The third-order valence-electron chi connectivity index (χ3n) is 4.43. The SMILES string of the molecule is CCc1nc(Nc2nccc(-c3cccs3)n2)nc(N2CCN(C)CC2)n1. The van der Waals surface area contributed by atoms with Gasteiger partial charge in [-0.05, 0) is 24.6 Å². The van der Waals surface area contributed by atoms with Crippen LogP contribution in [0.4, 0.5) is 17.8 Å². The van der Waals surface area contributed by atoms with Crippen LogP contribution in [0.3, 0.4) is 0 Å². The zero-order valence-corrected chi connectivity index (χ0v) is 16.3. The molecule has 1 N–H and O–H groups in total. The largest absolute Gasteiger partial charge is 0.338 e. The first kappa shape index (κ1) is 17.7. The van der Waals surface area contributed by atoms with Crippen molar-refractivity contribution < 1.29 is 0 Å². The zero-order chi connectivity index (χ0) is 18.6. The zero-order valence-electron chi connectivity index (χ0n) is 15.5. The second kappa shape index (κ2) is 7.93. The van der Waals surface area contributed by atoms with E-state index in [2.05, 4.69) is 47.1 Å². The fourth-order valence-electron chi connectivity index (χ4n) is 2.85. The summed E-state index contributed by atoms with van der Waals surface area (Å²) in [5.74, 6) is 2.44. The monoisotopic (exact) mass is 382 g/mol. The Kier molecular flexibility index (Phi) is 5.21. The number of thiophene rings is 1. The Morgan fingerprint density at radius 2 is 1.89 bits per heavy atom. The van der Waals surface area contributed by atoms with E-state index in [-0.39, 0.29) is 0 Å². The van der Waals surface area contributed by atoms with Crippen molar-refractivity contribution in [1.82, 2.24) is 29.8 Å². The quantitative estimate of drug-likeness (QED) is 0.720. The Hall–Kier alpha value is -2.65. The second-order valence-electron chi connectivity index (χ2n) is 6.39. The predicted molar refractivity (Wildman–Crippen MR) is 108 cm³/mol. The summed E-state index contributed by atoms with van der Waals surface area (Å²) in [5, 5.41) is 5.19. The summed E-state index contributed by atoms with van der Waals surface area (Å²) in [6.45, 7) is 5.87. The van der Waals surface area contributed by atoms with E-state index in [1.807, 2.05) is 30.5 Å². The topological polar surface area (TPSA) is 83.0 Å². The lowest BCUT2D eigenvalue weighted by Crippen LogP contribution is -2.45. The molecule has 0 amide bonds. The van der Waals surface area contributed by atoms with Gasteiger partial charge in [0.2, 0.25) is 17.8 Å². The number of piperazine rings is 1. The normalized spacial score (nSPS) is 15.1. The summed E-state index contributed by atoms with van der Waals surface area (Å²) in [6, 6.07) is 5.95. The van der Waals surface area contributed by atoms with Crippen molar-refractivity contribution in [2.75, 3.05) is 43.4 Å². The summed E-state index contributed by atoms with van der Waals surface area (Å²) in [5.41, 5.74) is 0.881. The first-order valence-corrected chi connectivity index (χ1v) is 9.91. The van der Waals surface area contributed by atoms with Gasteiger partial charge in [0.05, 0.1) is 10.6 Å². The minimum absolute atomic E-state index is 0.485. The Bertz CT molecular complexity index is 890. The number of anilines is 3. The molecule has 0 aliphatic carbocycles. The van der Waals surface area contributed by atoms with Crippen LogP contribution in [0.5, 0.6) is 0 Å². The molecule has 0 bridgehead atoms. The molecule has 0 radical (unpaired) electrons. The maximum absolute atomic E-state index is 4.61. The van der Waals surface area contributed by atoms with E-state index in [1.54, 1.807) is 17.5 Å². The molecular formula is C18H22N8S. The molecule has 4 heterocycles. The number of aryl methyl sites for hydroxylation is 1. The van der Waals surface area contributed by atoms with Gasteiger partial charge in [-0.1, -0.05) is 13.0 Å². The van der Waals surface area contributed by atoms with Gasteiger partial charge in [0.25, 0.3) is 0 Å². The van der Waals surface area contributed by atoms with Crippen LogP contribution in [0, 0.1) is 0 Å². The lowest BCUT2D eigenvalue weighted by atomic mass is 10.3. The average Bonchev–Trinajstić information content (AvgIpc) is 3.23. The highest BCUT2D eigenvalue weighted by molar-refractivity contribution is 7.13. The van der Waals surface area contributed by atoms with Crippen LogP contribution in [-0.4, -0.2) is 63.0 Å². The molecule has 1 aliphatic heterocycles. The van der Waals surface area contributed by atoms with Crippen LogP contribution in [0.25, 0.3) is 10.6 Å². The minimum atomic E-state index is 0.485. The molecule has 0 saturated carbocycles. The summed E-state index contributed by atoms with van der Waals surface area (Å²) in [7, 11) is 2.13. The number of nitrogens with one attached hydrogen (secondary N) is 1. The number of hydrogen-bond acceptors (Lipinski definition) is 9. The molecule has 9 heteroatoms. The Morgan fingerprint density at radius 3 is 2.63 bits per heavy atom. The maximum Gasteiger partial charge on any atom is 0.234 e. The van der Waals surface area contributed by atoms with Crippen LogP contribution in [0.15, 0.2) is 29.8 Å². The standard InChI is InChI=1S/C18H22N8S/c1-3-15-21-17(24-18(22-15)26-10-8-25(2)9-11-26)23-16-19-7-6-13(20-16)14-5-4-12-27-14/h4-7,12H,3,8-11H2,1-2H3,(H,19,20,21,22,23,24). The van der Waals surface area contributed by atoms with Gasteiger partial charge in [0.1, 0.15) is 5.82 Å². The second-order valence-corrected chi connectivity index (χ2v) is 7.33. The van der Waals surface area contributed by atoms with E-state index in [0.29, 0.717) is 17.8 Å². The molecule has 1 saturated heterocycles. The highest BCUT2D eigenvalue weighted by Gasteiger charge is 2.18. The van der Waals surface area contributed by atoms with Gasteiger partial charge in [-0.25, -0.2) is 9.97 Å². The van der Waals surface area contributed by atoms with E-state index in [4.69, 9.17) is 0 Å².